The lowest BCUT2D eigenvalue weighted by Gasteiger charge is -2.45. The van der Waals surface area contributed by atoms with Gasteiger partial charge in [0.2, 0.25) is 0 Å². The molecule has 2 heterocycles. The molecular weight excluding hydrogens is 659 g/mol. The second-order valence-electron chi connectivity index (χ2n) is 19.8. The van der Waals surface area contributed by atoms with Gasteiger partial charge in [0.15, 0.2) is 0 Å². The number of nitrogens with one attached hydrogen (secondary N) is 2. The zero-order valence-electron chi connectivity index (χ0n) is 33.4. The lowest BCUT2D eigenvalue weighted by molar-refractivity contribution is 0.0763. The Bertz CT molecular complexity index is 1650. The van der Waals surface area contributed by atoms with Crippen molar-refractivity contribution in [2.75, 3.05) is 0 Å². The number of aliphatic imine (C=N–C) groups is 1. The molecule has 10 aliphatic rings. The first kappa shape index (κ1) is 35.8. The van der Waals surface area contributed by atoms with E-state index in [0.717, 1.165) is 36.0 Å². The molecule has 3 fully saturated rings. The molecule has 0 aromatic carbocycles. The Hall–Kier alpha value is -2.59. The van der Waals surface area contributed by atoms with Crippen molar-refractivity contribution in [1.82, 2.24) is 10.6 Å². The van der Waals surface area contributed by atoms with Crippen molar-refractivity contribution < 1.29 is 4.74 Å². The molecule has 290 valence electrons. The topological polar surface area (TPSA) is 45.6 Å². The molecule has 3 saturated carbocycles. The molecule has 2 aliphatic heterocycles. The first-order chi connectivity index (χ1) is 26.6. The predicted octanol–water partition coefficient (Wildman–Crippen LogP) is 11.8. The third-order valence-corrected chi connectivity index (χ3v) is 16.6. The van der Waals surface area contributed by atoms with Gasteiger partial charge in [0.05, 0.1) is 6.17 Å². The number of fused-ring (bicyclic) bond motifs is 3. The average molecular weight is 728 g/mol. The highest BCUT2D eigenvalue weighted by Crippen LogP contribution is 2.49. The molecule has 0 bridgehead atoms. The standard InChI is InChI=1S/C50H69N3O/c1-32-11-12-42-30-41(26-25-40(42)29-32)35-15-21-38(22-16-35)49-51-48(37-19-13-34(14-20-37)33-7-3-2-4-8-33)52-50(53-49)39-23-17-36(18-24-39)43-27-28-47-45(31-43)44-9-5-6-10-46(44)54-47/h5-7,9-10,13,19,21,31-32,34-37,39-42,44,46,48-49,51H,2-4,8,11-12,14-18,20,22-30H2,1H3,(H,52,53). The van der Waals surface area contributed by atoms with E-state index in [-0.39, 0.29) is 18.4 Å². The largest absolute Gasteiger partial charge is 0.489 e. The second-order valence-corrected chi connectivity index (χ2v) is 19.8. The average Bonchev–Trinajstić information content (AvgIpc) is 3.62. The molecule has 54 heavy (non-hydrogen) atoms. The monoisotopic (exact) mass is 728 g/mol. The normalized spacial score (nSPS) is 43.4. The summed E-state index contributed by atoms with van der Waals surface area (Å²) in [5.74, 6) is 10.3. The molecule has 8 aliphatic carbocycles. The third kappa shape index (κ3) is 7.36. The molecule has 0 radical (unpaired) electrons. The van der Waals surface area contributed by atoms with Crippen LogP contribution >= 0.6 is 0 Å². The minimum Gasteiger partial charge on any atom is -0.489 e. The van der Waals surface area contributed by atoms with Crippen molar-refractivity contribution >= 4 is 5.84 Å². The van der Waals surface area contributed by atoms with Gasteiger partial charge in [-0.15, -0.1) is 0 Å². The van der Waals surface area contributed by atoms with E-state index >= 15 is 0 Å². The molecule has 4 nitrogen and oxygen atoms in total. The Morgan fingerprint density at radius 3 is 2.31 bits per heavy atom. The maximum Gasteiger partial charge on any atom is 0.127 e. The molecule has 0 aromatic rings. The summed E-state index contributed by atoms with van der Waals surface area (Å²) in [6.45, 7) is 2.50. The Balaban J connectivity index is 0.824. The van der Waals surface area contributed by atoms with Gasteiger partial charge in [0.25, 0.3) is 0 Å². The molecule has 0 amide bonds. The van der Waals surface area contributed by atoms with E-state index in [1.807, 2.05) is 0 Å². The highest BCUT2D eigenvalue weighted by molar-refractivity contribution is 5.86. The van der Waals surface area contributed by atoms with Crippen LogP contribution in [0.4, 0.5) is 0 Å². The van der Waals surface area contributed by atoms with E-state index in [0.29, 0.717) is 29.6 Å². The summed E-state index contributed by atoms with van der Waals surface area (Å²) in [4.78, 5) is 5.63. The van der Waals surface area contributed by atoms with E-state index in [4.69, 9.17) is 9.73 Å². The van der Waals surface area contributed by atoms with E-state index in [1.165, 1.54) is 146 Å². The van der Waals surface area contributed by atoms with Gasteiger partial charge in [-0.05, 0) is 175 Å². The zero-order valence-corrected chi connectivity index (χ0v) is 33.4. The maximum atomic E-state index is 6.37. The van der Waals surface area contributed by atoms with Crippen LogP contribution in [0, 0.1) is 59.2 Å². The van der Waals surface area contributed by atoms with Crippen LogP contribution < -0.4 is 10.6 Å². The lowest BCUT2D eigenvalue weighted by atomic mass is 9.62. The number of nitrogens with zero attached hydrogens (tertiary/aromatic N) is 1. The van der Waals surface area contributed by atoms with Crippen molar-refractivity contribution in [3.05, 3.63) is 82.7 Å². The Morgan fingerprint density at radius 1 is 0.667 bits per heavy atom. The summed E-state index contributed by atoms with van der Waals surface area (Å²) in [6, 6.07) is 0. The number of ether oxygens (including phenoxy) is 1. The molecule has 0 spiro atoms. The molecule has 11 atom stereocenters. The Kier molecular flexibility index (Phi) is 10.4. The van der Waals surface area contributed by atoms with Crippen molar-refractivity contribution in [1.29, 1.82) is 0 Å². The van der Waals surface area contributed by atoms with Crippen LogP contribution in [0.2, 0.25) is 0 Å². The summed E-state index contributed by atoms with van der Waals surface area (Å²) in [5.41, 5.74) is 6.48. The molecule has 2 N–H and O–H groups in total. The second kappa shape index (κ2) is 15.7. The van der Waals surface area contributed by atoms with Crippen LogP contribution in [0.3, 0.4) is 0 Å². The van der Waals surface area contributed by atoms with Crippen molar-refractivity contribution in [2.45, 2.75) is 160 Å². The summed E-state index contributed by atoms with van der Waals surface area (Å²) >= 11 is 0. The van der Waals surface area contributed by atoms with Gasteiger partial charge >= 0.3 is 0 Å². The highest BCUT2D eigenvalue weighted by Gasteiger charge is 2.41. The Labute approximate surface area is 327 Å². The fourth-order valence-electron chi connectivity index (χ4n) is 13.4. The molecule has 4 heteroatoms. The van der Waals surface area contributed by atoms with Gasteiger partial charge in [0, 0.05) is 29.7 Å². The molecule has 0 saturated heterocycles. The van der Waals surface area contributed by atoms with Gasteiger partial charge in [0.1, 0.15) is 23.9 Å². The SMILES string of the molecule is CC1CCC2CC(C3CC=C(C4N=C(C5CCC(C6=CC7=C(CC6)OC6C=CC=CC76)CC5)NC(C5C=CC(C6=CCCCC6)CC5)N4)CC3)CCC2C1. The fraction of sp³-hybridized carbons (Fsp3) is 0.700. The summed E-state index contributed by atoms with van der Waals surface area (Å²) in [6.07, 6.45) is 50.8. The Morgan fingerprint density at radius 2 is 1.50 bits per heavy atom. The smallest absolute Gasteiger partial charge is 0.127 e. The third-order valence-electron chi connectivity index (χ3n) is 16.6. The molecule has 0 aromatic heterocycles. The number of hydrogen-bond donors (Lipinski definition) is 2. The van der Waals surface area contributed by atoms with Crippen LogP contribution in [-0.4, -0.2) is 24.3 Å². The summed E-state index contributed by atoms with van der Waals surface area (Å²) in [7, 11) is 0. The van der Waals surface area contributed by atoms with Crippen molar-refractivity contribution in [3.8, 4) is 0 Å². The molecule has 10 rings (SSSR count). The van der Waals surface area contributed by atoms with Crippen LogP contribution in [0.5, 0.6) is 0 Å². The molecular formula is C50H69N3O. The van der Waals surface area contributed by atoms with Crippen LogP contribution in [0.25, 0.3) is 0 Å². The van der Waals surface area contributed by atoms with E-state index in [9.17, 15) is 0 Å². The number of hydrogen-bond acceptors (Lipinski definition) is 4. The fourth-order valence-corrected chi connectivity index (χ4v) is 13.4. The minimum absolute atomic E-state index is 0.145. The van der Waals surface area contributed by atoms with Gasteiger partial charge in [-0.1, -0.05) is 73.1 Å². The first-order valence-corrected chi connectivity index (χ1v) is 23.2. The van der Waals surface area contributed by atoms with E-state index in [2.05, 4.69) is 72.2 Å². The van der Waals surface area contributed by atoms with Gasteiger partial charge in [-0.25, -0.2) is 4.99 Å². The summed E-state index contributed by atoms with van der Waals surface area (Å²) < 4.78 is 6.37. The van der Waals surface area contributed by atoms with Crippen LogP contribution in [-0.2, 0) is 4.74 Å². The number of amidine groups is 1. The van der Waals surface area contributed by atoms with Gasteiger partial charge in [-0.2, -0.15) is 0 Å². The van der Waals surface area contributed by atoms with Crippen LogP contribution in [0.15, 0.2) is 87.7 Å². The summed E-state index contributed by atoms with van der Waals surface area (Å²) in [5, 5.41) is 8.22. The van der Waals surface area contributed by atoms with E-state index < -0.39 is 0 Å². The van der Waals surface area contributed by atoms with Crippen molar-refractivity contribution in [3.63, 3.8) is 0 Å². The first-order valence-electron chi connectivity index (χ1n) is 23.2. The number of allylic oxidation sites excluding steroid dienone is 9. The quantitative estimate of drug-likeness (QED) is 0.268. The molecule has 11 unspecified atom stereocenters. The highest BCUT2D eigenvalue weighted by atomic mass is 16.5. The zero-order chi connectivity index (χ0) is 36.0. The maximum absolute atomic E-state index is 6.37. The van der Waals surface area contributed by atoms with Crippen LogP contribution in [0.1, 0.15) is 142 Å². The van der Waals surface area contributed by atoms with E-state index in [1.54, 1.807) is 16.7 Å². The van der Waals surface area contributed by atoms with Crippen molar-refractivity contribution in [2.24, 2.45) is 64.2 Å². The van der Waals surface area contributed by atoms with Gasteiger partial charge < -0.3 is 10.1 Å². The minimum atomic E-state index is 0.145. The number of rotatable bonds is 6. The predicted molar refractivity (Wildman–Crippen MR) is 222 cm³/mol. The lowest BCUT2D eigenvalue weighted by Crippen LogP contribution is -2.59. The van der Waals surface area contributed by atoms with Gasteiger partial charge in [-0.3, -0.25) is 5.32 Å².